The van der Waals surface area contributed by atoms with Crippen molar-refractivity contribution in [3.05, 3.63) is 85.1 Å². The molecule has 1 saturated heterocycles. The Balaban J connectivity index is 2.19. The molecule has 1 amide bonds. The largest absolute Gasteiger partial charge is 0.466 e. The highest BCUT2D eigenvalue weighted by Gasteiger charge is 2.44. The lowest BCUT2D eigenvalue weighted by Crippen LogP contribution is -2.60. The Morgan fingerprint density at radius 2 is 1.06 bits per heavy atom. The van der Waals surface area contributed by atoms with E-state index >= 15 is 0 Å². The number of nitrogens with one attached hydrogen (secondary N) is 1. The van der Waals surface area contributed by atoms with E-state index in [1.807, 2.05) is 6.08 Å². The van der Waals surface area contributed by atoms with Crippen LogP contribution >= 0.6 is 0 Å². The van der Waals surface area contributed by atoms with E-state index in [0.29, 0.717) is 32.3 Å². The van der Waals surface area contributed by atoms with Gasteiger partial charge in [-0.2, -0.15) is 0 Å². The summed E-state index contributed by atoms with van der Waals surface area (Å²) in [6.07, 6.45) is 49.5. The van der Waals surface area contributed by atoms with Crippen molar-refractivity contribution < 1.29 is 49.3 Å². The first-order valence-electron chi connectivity index (χ1n) is 26.4. The van der Waals surface area contributed by atoms with Crippen LogP contribution in [0.5, 0.6) is 0 Å². The van der Waals surface area contributed by atoms with E-state index in [0.717, 1.165) is 122 Å². The molecular weight excluding hydrogens is 847 g/mol. The Labute approximate surface area is 406 Å². The van der Waals surface area contributed by atoms with Gasteiger partial charge in [0.2, 0.25) is 5.91 Å². The van der Waals surface area contributed by atoms with E-state index in [9.17, 15) is 35.1 Å². The van der Waals surface area contributed by atoms with E-state index in [2.05, 4.69) is 92.1 Å². The molecule has 1 heterocycles. The predicted molar refractivity (Wildman–Crippen MR) is 273 cm³/mol. The fraction of sp³-hybridized carbons (Fsp3) is 0.714. The van der Waals surface area contributed by atoms with Gasteiger partial charge in [0.25, 0.3) is 0 Å². The summed E-state index contributed by atoms with van der Waals surface area (Å²) in [5.41, 5.74) is 0. The third-order valence-corrected chi connectivity index (χ3v) is 11.7. The van der Waals surface area contributed by atoms with Crippen LogP contribution in [-0.4, -0.2) is 100 Å². The van der Waals surface area contributed by atoms with Crippen molar-refractivity contribution in [2.45, 2.75) is 236 Å². The summed E-state index contributed by atoms with van der Waals surface area (Å²) in [7, 11) is 0. The van der Waals surface area contributed by atoms with Crippen molar-refractivity contribution in [3.8, 4) is 0 Å². The van der Waals surface area contributed by atoms with Gasteiger partial charge >= 0.3 is 5.97 Å². The molecule has 0 aromatic carbocycles. The Hall–Kier alpha value is -3.16. The summed E-state index contributed by atoms with van der Waals surface area (Å²) in [5.74, 6) is -0.284. The monoisotopic (exact) mass is 942 g/mol. The normalized spacial score (nSPS) is 20.3. The minimum atomic E-state index is -1.59. The molecule has 0 aromatic rings. The molecule has 7 atom stereocenters. The number of carbonyl (C=O) groups excluding carboxylic acids is 2. The first-order valence-corrected chi connectivity index (χ1v) is 26.4. The van der Waals surface area contributed by atoms with Gasteiger partial charge in [-0.05, 0) is 109 Å². The van der Waals surface area contributed by atoms with Crippen molar-refractivity contribution in [2.24, 2.45) is 0 Å². The number of aliphatic hydroxyl groups is 5. The number of allylic oxidation sites excluding steroid dienone is 13. The van der Waals surface area contributed by atoms with Crippen LogP contribution in [0.25, 0.3) is 0 Å². The molecule has 67 heavy (non-hydrogen) atoms. The topological polar surface area (TPSA) is 175 Å². The highest BCUT2D eigenvalue weighted by molar-refractivity contribution is 5.76. The van der Waals surface area contributed by atoms with Gasteiger partial charge in [0.15, 0.2) is 6.29 Å². The average Bonchev–Trinajstić information content (AvgIpc) is 3.32. The van der Waals surface area contributed by atoms with Crippen molar-refractivity contribution in [3.63, 3.8) is 0 Å². The zero-order valence-corrected chi connectivity index (χ0v) is 41.8. The number of esters is 1. The standard InChI is InChI=1S/C56H95NO10/c1-3-5-7-9-11-13-15-19-24-28-32-36-40-44-52(61)65-45-41-37-33-29-25-21-18-16-17-20-23-27-31-35-39-43-51(60)57-48(47-66-56-55(64)54(63)53(62)50(46-58)67-56)49(59)42-38-34-30-26-22-14-12-10-8-6-4-2/h7-10,13,15-16,18,21-22,25-26,38,42,48-50,53-56,58-59,62-64H,3-6,11-12,14,17,19-20,23-24,27-37,39-41,43-47H2,1-2H3,(H,57,60)/b9-7-,10-8+,15-13-,18-16-,25-21-,26-22+,42-38+. The first kappa shape index (κ1) is 61.9. The number of hydrogen-bond donors (Lipinski definition) is 6. The lowest BCUT2D eigenvalue weighted by atomic mass is 9.99. The molecule has 1 fully saturated rings. The summed E-state index contributed by atoms with van der Waals surface area (Å²) in [5, 5.41) is 54.1. The van der Waals surface area contributed by atoms with Crippen LogP contribution in [0.2, 0.25) is 0 Å². The number of aliphatic hydroxyl groups excluding tert-OH is 5. The molecule has 7 unspecified atom stereocenters. The van der Waals surface area contributed by atoms with Crippen molar-refractivity contribution in [2.75, 3.05) is 19.8 Å². The van der Waals surface area contributed by atoms with E-state index in [-0.39, 0.29) is 18.5 Å². The summed E-state index contributed by atoms with van der Waals surface area (Å²) in [4.78, 5) is 25.0. The number of amides is 1. The van der Waals surface area contributed by atoms with Gasteiger partial charge in [-0.3, -0.25) is 9.59 Å². The SMILES string of the molecule is CCC/C=C\C/C=C\CCCCCCCC(=O)OCCCCC/C=C\C=C/CCCCCCCCC(=O)NC(COC1OC(CO)C(O)C(O)C1O)C(O)/C=C/CC/C=C/CC/C=C/CCC. The number of carbonyl (C=O) groups is 2. The Bertz CT molecular complexity index is 1390. The molecule has 1 rings (SSSR count). The molecule has 384 valence electrons. The summed E-state index contributed by atoms with van der Waals surface area (Å²) in [6, 6.07) is -0.853. The van der Waals surface area contributed by atoms with Crippen LogP contribution in [0.1, 0.15) is 194 Å². The Kier molecular flexibility index (Phi) is 41.8. The maximum absolute atomic E-state index is 13.0. The number of hydrogen-bond acceptors (Lipinski definition) is 10. The molecule has 11 nitrogen and oxygen atoms in total. The maximum Gasteiger partial charge on any atom is 0.305 e. The van der Waals surface area contributed by atoms with Crippen LogP contribution in [0, 0.1) is 0 Å². The minimum absolute atomic E-state index is 0.0597. The molecular formula is C56H95NO10. The van der Waals surface area contributed by atoms with E-state index in [1.54, 1.807) is 6.08 Å². The molecule has 0 radical (unpaired) electrons. The van der Waals surface area contributed by atoms with Gasteiger partial charge in [0.1, 0.15) is 24.4 Å². The molecule has 1 aliphatic heterocycles. The van der Waals surface area contributed by atoms with Gasteiger partial charge in [0, 0.05) is 12.8 Å². The van der Waals surface area contributed by atoms with Crippen molar-refractivity contribution in [1.82, 2.24) is 5.32 Å². The van der Waals surface area contributed by atoms with E-state index < -0.39 is 49.5 Å². The first-order chi connectivity index (χ1) is 32.7. The highest BCUT2D eigenvalue weighted by atomic mass is 16.7. The number of ether oxygens (including phenoxy) is 3. The molecule has 0 aliphatic carbocycles. The predicted octanol–water partition coefficient (Wildman–Crippen LogP) is 11.0. The smallest absolute Gasteiger partial charge is 0.305 e. The lowest BCUT2D eigenvalue weighted by molar-refractivity contribution is -0.302. The van der Waals surface area contributed by atoms with Crippen LogP contribution in [0.4, 0.5) is 0 Å². The molecule has 0 aromatic heterocycles. The fourth-order valence-electron chi connectivity index (χ4n) is 7.44. The molecule has 0 bridgehead atoms. The molecule has 0 saturated carbocycles. The van der Waals surface area contributed by atoms with Gasteiger partial charge < -0.3 is 45.1 Å². The molecule has 11 heteroatoms. The van der Waals surface area contributed by atoms with Crippen LogP contribution < -0.4 is 5.32 Å². The average molecular weight is 942 g/mol. The quantitative estimate of drug-likeness (QED) is 0.0149. The Morgan fingerprint density at radius 1 is 0.567 bits per heavy atom. The van der Waals surface area contributed by atoms with Crippen molar-refractivity contribution in [1.29, 1.82) is 0 Å². The second-order valence-corrected chi connectivity index (χ2v) is 17.9. The Morgan fingerprint density at radius 3 is 1.66 bits per heavy atom. The van der Waals surface area contributed by atoms with Crippen LogP contribution in [-0.2, 0) is 23.8 Å². The number of unbranched alkanes of at least 4 members (excludes halogenated alkanes) is 18. The molecule has 0 spiro atoms. The zero-order valence-electron chi connectivity index (χ0n) is 41.8. The molecule has 6 N–H and O–H groups in total. The maximum atomic E-state index is 13.0. The van der Waals surface area contributed by atoms with Gasteiger partial charge in [-0.15, -0.1) is 0 Å². The van der Waals surface area contributed by atoms with Gasteiger partial charge in [0.05, 0.1) is 32.0 Å². The third kappa shape index (κ3) is 35.6. The fourth-order valence-corrected chi connectivity index (χ4v) is 7.44. The minimum Gasteiger partial charge on any atom is -0.466 e. The lowest BCUT2D eigenvalue weighted by Gasteiger charge is -2.40. The van der Waals surface area contributed by atoms with Gasteiger partial charge in [-0.25, -0.2) is 0 Å². The summed E-state index contributed by atoms with van der Waals surface area (Å²) >= 11 is 0. The summed E-state index contributed by atoms with van der Waals surface area (Å²) < 4.78 is 16.6. The van der Waals surface area contributed by atoms with E-state index in [1.165, 1.54) is 32.1 Å². The summed E-state index contributed by atoms with van der Waals surface area (Å²) in [6.45, 7) is 4.07. The van der Waals surface area contributed by atoms with Crippen molar-refractivity contribution >= 4 is 11.9 Å². The second kappa shape index (κ2) is 45.3. The molecule has 1 aliphatic rings. The van der Waals surface area contributed by atoms with Crippen LogP contribution in [0.3, 0.4) is 0 Å². The zero-order chi connectivity index (χ0) is 48.8. The van der Waals surface area contributed by atoms with Crippen LogP contribution in [0.15, 0.2) is 85.1 Å². The van der Waals surface area contributed by atoms with E-state index in [4.69, 9.17) is 14.2 Å². The highest BCUT2D eigenvalue weighted by Crippen LogP contribution is 2.22. The second-order valence-electron chi connectivity index (χ2n) is 17.9. The van der Waals surface area contributed by atoms with Gasteiger partial charge in [-0.1, -0.05) is 157 Å². The number of rotatable bonds is 43. The third-order valence-electron chi connectivity index (χ3n) is 11.7.